The molecular formula is C13H22N2O2. The maximum absolute atomic E-state index is 5.69. The van der Waals surface area contributed by atoms with Crippen LogP contribution in [0.2, 0.25) is 0 Å². The van der Waals surface area contributed by atoms with Crippen molar-refractivity contribution >= 4 is 0 Å². The fourth-order valence-electron chi connectivity index (χ4n) is 2.42. The number of hydrogen-bond donors (Lipinski definition) is 1. The maximum atomic E-state index is 5.69. The molecule has 4 heteroatoms. The van der Waals surface area contributed by atoms with Gasteiger partial charge in [0.1, 0.15) is 5.76 Å². The standard InChI is InChI=1S/C13H22N2O2/c1-2-16-12-4-3-6-15(9-12)10-13-11(8-14)5-7-17-13/h5,7,12H,2-4,6,8-10,14H2,1H3. The molecule has 2 N–H and O–H groups in total. The first-order valence-corrected chi connectivity index (χ1v) is 6.42. The number of nitrogens with two attached hydrogens (primary N) is 1. The van der Waals surface area contributed by atoms with Gasteiger partial charge in [0.25, 0.3) is 0 Å². The molecule has 96 valence electrons. The van der Waals surface area contributed by atoms with E-state index in [4.69, 9.17) is 14.9 Å². The van der Waals surface area contributed by atoms with Crippen molar-refractivity contribution in [3.8, 4) is 0 Å². The van der Waals surface area contributed by atoms with Crippen LogP contribution in [0.3, 0.4) is 0 Å². The monoisotopic (exact) mass is 238 g/mol. The second-order valence-electron chi connectivity index (χ2n) is 4.53. The minimum absolute atomic E-state index is 0.380. The van der Waals surface area contributed by atoms with E-state index in [-0.39, 0.29) is 0 Å². The SMILES string of the molecule is CCOC1CCCN(Cc2occc2CN)C1. The number of furan rings is 1. The lowest BCUT2D eigenvalue weighted by atomic mass is 10.1. The van der Waals surface area contributed by atoms with Crippen molar-refractivity contribution in [3.63, 3.8) is 0 Å². The van der Waals surface area contributed by atoms with Crippen molar-refractivity contribution in [2.45, 2.75) is 39.0 Å². The van der Waals surface area contributed by atoms with E-state index in [0.717, 1.165) is 37.6 Å². The lowest BCUT2D eigenvalue weighted by Crippen LogP contribution is -2.39. The average molecular weight is 238 g/mol. The van der Waals surface area contributed by atoms with Crippen LogP contribution < -0.4 is 5.73 Å². The Bertz CT molecular complexity index is 336. The molecule has 0 saturated carbocycles. The third-order valence-corrected chi connectivity index (χ3v) is 3.29. The zero-order valence-corrected chi connectivity index (χ0v) is 10.5. The molecule has 0 spiro atoms. The molecule has 0 amide bonds. The zero-order chi connectivity index (χ0) is 12.1. The lowest BCUT2D eigenvalue weighted by Gasteiger charge is -2.31. The molecule has 1 aliphatic rings. The molecule has 1 aliphatic heterocycles. The summed E-state index contributed by atoms with van der Waals surface area (Å²) in [5.74, 6) is 1.00. The van der Waals surface area contributed by atoms with Crippen LogP contribution in [-0.4, -0.2) is 30.7 Å². The summed E-state index contributed by atoms with van der Waals surface area (Å²) in [4.78, 5) is 2.39. The molecule has 1 unspecified atom stereocenters. The predicted octanol–water partition coefficient (Wildman–Crippen LogP) is 1.74. The first kappa shape index (κ1) is 12.6. The van der Waals surface area contributed by atoms with Gasteiger partial charge in [-0.05, 0) is 32.4 Å². The number of likely N-dealkylation sites (tertiary alicyclic amines) is 1. The molecule has 1 aromatic rings. The minimum Gasteiger partial charge on any atom is -0.468 e. The van der Waals surface area contributed by atoms with Crippen LogP contribution in [0, 0.1) is 0 Å². The third-order valence-electron chi connectivity index (χ3n) is 3.29. The molecule has 0 bridgehead atoms. The maximum Gasteiger partial charge on any atom is 0.122 e. The highest BCUT2D eigenvalue weighted by atomic mass is 16.5. The van der Waals surface area contributed by atoms with E-state index in [1.807, 2.05) is 6.07 Å². The van der Waals surface area contributed by atoms with Crippen LogP contribution >= 0.6 is 0 Å². The second-order valence-corrected chi connectivity index (χ2v) is 4.53. The van der Waals surface area contributed by atoms with Gasteiger partial charge >= 0.3 is 0 Å². The van der Waals surface area contributed by atoms with Crippen LogP contribution in [-0.2, 0) is 17.8 Å². The number of nitrogens with zero attached hydrogens (tertiary/aromatic N) is 1. The Morgan fingerprint density at radius 3 is 3.24 bits per heavy atom. The van der Waals surface area contributed by atoms with E-state index in [9.17, 15) is 0 Å². The molecule has 17 heavy (non-hydrogen) atoms. The quantitative estimate of drug-likeness (QED) is 0.849. The lowest BCUT2D eigenvalue weighted by molar-refractivity contribution is 0.00192. The van der Waals surface area contributed by atoms with Gasteiger partial charge in [0.15, 0.2) is 0 Å². The largest absolute Gasteiger partial charge is 0.468 e. The Balaban J connectivity index is 1.90. The highest BCUT2D eigenvalue weighted by Gasteiger charge is 2.21. The molecule has 1 saturated heterocycles. The van der Waals surface area contributed by atoms with Crippen LogP contribution in [0.5, 0.6) is 0 Å². The van der Waals surface area contributed by atoms with Gasteiger partial charge in [-0.3, -0.25) is 4.90 Å². The summed E-state index contributed by atoms with van der Waals surface area (Å²) < 4.78 is 11.2. The van der Waals surface area contributed by atoms with Gasteiger partial charge in [-0.25, -0.2) is 0 Å². The highest BCUT2D eigenvalue weighted by Crippen LogP contribution is 2.18. The first-order valence-electron chi connectivity index (χ1n) is 6.42. The molecule has 4 nitrogen and oxygen atoms in total. The van der Waals surface area contributed by atoms with Crippen molar-refractivity contribution in [1.82, 2.24) is 4.90 Å². The minimum atomic E-state index is 0.380. The predicted molar refractivity (Wildman–Crippen MR) is 66.5 cm³/mol. The van der Waals surface area contributed by atoms with Gasteiger partial charge in [0.05, 0.1) is 18.9 Å². The van der Waals surface area contributed by atoms with Crippen molar-refractivity contribution in [2.75, 3.05) is 19.7 Å². The zero-order valence-electron chi connectivity index (χ0n) is 10.5. The summed E-state index contributed by atoms with van der Waals surface area (Å²) in [6.07, 6.45) is 4.47. The first-order chi connectivity index (χ1) is 8.33. The van der Waals surface area contributed by atoms with E-state index in [1.54, 1.807) is 6.26 Å². The summed E-state index contributed by atoms with van der Waals surface area (Å²) in [5.41, 5.74) is 6.79. The third kappa shape index (κ3) is 3.31. The van der Waals surface area contributed by atoms with Gasteiger partial charge in [-0.15, -0.1) is 0 Å². The Labute approximate surface area is 103 Å². The van der Waals surface area contributed by atoms with Crippen molar-refractivity contribution in [1.29, 1.82) is 0 Å². The van der Waals surface area contributed by atoms with Gasteiger partial charge in [0.2, 0.25) is 0 Å². The smallest absolute Gasteiger partial charge is 0.122 e. The van der Waals surface area contributed by atoms with E-state index >= 15 is 0 Å². The van der Waals surface area contributed by atoms with E-state index in [1.165, 1.54) is 12.8 Å². The van der Waals surface area contributed by atoms with Crippen LogP contribution in [0.25, 0.3) is 0 Å². The topological polar surface area (TPSA) is 51.6 Å². The Morgan fingerprint density at radius 1 is 1.59 bits per heavy atom. The fourth-order valence-corrected chi connectivity index (χ4v) is 2.42. The fraction of sp³-hybridized carbons (Fsp3) is 0.692. The van der Waals surface area contributed by atoms with Gasteiger partial charge in [0, 0.05) is 25.3 Å². The van der Waals surface area contributed by atoms with Crippen molar-refractivity contribution in [3.05, 3.63) is 23.7 Å². The van der Waals surface area contributed by atoms with E-state index in [2.05, 4.69) is 11.8 Å². The Morgan fingerprint density at radius 2 is 2.47 bits per heavy atom. The van der Waals surface area contributed by atoms with E-state index in [0.29, 0.717) is 12.6 Å². The summed E-state index contributed by atoms with van der Waals surface area (Å²) in [6, 6.07) is 1.96. The van der Waals surface area contributed by atoms with Crippen LogP contribution in [0.4, 0.5) is 0 Å². The van der Waals surface area contributed by atoms with E-state index < -0.39 is 0 Å². The highest BCUT2D eigenvalue weighted by molar-refractivity contribution is 5.16. The second kappa shape index (κ2) is 6.19. The molecule has 1 aromatic heterocycles. The van der Waals surface area contributed by atoms with Gasteiger partial charge < -0.3 is 14.9 Å². The molecular weight excluding hydrogens is 216 g/mol. The average Bonchev–Trinajstić information content (AvgIpc) is 2.77. The number of hydrogen-bond acceptors (Lipinski definition) is 4. The number of ether oxygens (including phenoxy) is 1. The number of piperidine rings is 1. The molecule has 2 rings (SSSR count). The Kier molecular flexibility index (Phi) is 4.59. The van der Waals surface area contributed by atoms with Crippen LogP contribution in [0.1, 0.15) is 31.1 Å². The molecule has 0 radical (unpaired) electrons. The summed E-state index contributed by atoms with van der Waals surface area (Å²) in [5, 5.41) is 0. The van der Waals surface area contributed by atoms with Gasteiger partial charge in [-0.2, -0.15) is 0 Å². The summed E-state index contributed by atoms with van der Waals surface area (Å²) >= 11 is 0. The molecule has 2 heterocycles. The normalized spacial score (nSPS) is 21.9. The number of rotatable bonds is 5. The van der Waals surface area contributed by atoms with Crippen LogP contribution in [0.15, 0.2) is 16.7 Å². The molecule has 0 aliphatic carbocycles. The summed E-state index contributed by atoms with van der Waals surface area (Å²) in [6.45, 7) is 6.37. The molecule has 1 atom stereocenters. The molecule has 0 aromatic carbocycles. The summed E-state index contributed by atoms with van der Waals surface area (Å²) in [7, 11) is 0. The van der Waals surface area contributed by atoms with Gasteiger partial charge in [-0.1, -0.05) is 0 Å². The Hall–Kier alpha value is -0.840. The molecule has 1 fully saturated rings. The van der Waals surface area contributed by atoms with Crippen molar-refractivity contribution < 1.29 is 9.15 Å². The van der Waals surface area contributed by atoms with Crippen molar-refractivity contribution in [2.24, 2.45) is 5.73 Å².